The lowest BCUT2D eigenvalue weighted by molar-refractivity contribution is 0.198. The molecule has 0 aliphatic rings. The van der Waals surface area contributed by atoms with E-state index in [0.717, 1.165) is 12.1 Å². The summed E-state index contributed by atoms with van der Waals surface area (Å²) < 4.78 is 27.0. The molecule has 0 radical (unpaired) electrons. The van der Waals surface area contributed by atoms with Crippen LogP contribution in [0.2, 0.25) is 0 Å². The first-order chi connectivity index (χ1) is 10.1. The second-order valence-corrected chi connectivity index (χ2v) is 6.28. The van der Waals surface area contributed by atoms with Crippen molar-refractivity contribution in [3.8, 4) is 0 Å². The summed E-state index contributed by atoms with van der Waals surface area (Å²) in [6, 6.07) is 3.12. The highest BCUT2D eigenvalue weighted by atomic mass is 32.2. The number of benzene rings is 1. The highest BCUT2D eigenvalue weighted by Crippen LogP contribution is 2.29. The molecule has 0 fully saturated rings. The van der Waals surface area contributed by atoms with Crippen LogP contribution in [-0.2, 0) is 0 Å². The van der Waals surface area contributed by atoms with Crippen LogP contribution in [0.15, 0.2) is 35.2 Å². The number of aliphatic hydroxyl groups excluding tert-OH is 1. The van der Waals surface area contributed by atoms with Gasteiger partial charge in [-0.25, -0.2) is 8.78 Å². The first-order valence-corrected chi connectivity index (χ1v) is 7.84. The van der Waals surface area contributed by atoms with E-state index in [-0.39, 0.29) is 11.3 Å². The van der Waals surface area contributed by atoms with E-state index in [1.807, 2.05) is 0 Å². The molecule has 0 aliphatic heterocycles. The van der Waals surface area contributed by atoms with Gasteiger partial charge in [-0.2, -0.15) is 0 Å². The van der Waals surface area contributed by atoms with Crippen LogP contribution in [0.5, 0.6) is 0 Å². The zero-order chi connectivity index (χ0) is 15.2. The van der Waals surface area contributed by atoms with Crippen LogP contribution < -0.4 is 5.32 Å². The molecule has 1 aromatic carbocycles. The van der Waals surface area contributed by atoms with E-state index < -0.39 is 17.7 Å². The lowest BCUT2D eigenvalue weighted by atomic mass is 10.1. The van der Waals surface area contributed by atoms with Crippen molar-refractivity contribution >= 4 is 28.2 Å². The molecule has 2 aromatic rings. The van der Waals surface area contributed by atoms with Crippen LogP contribution in [0.4, 0.5) is 13.9 Å². The summed E-state index contributed by atoms with van der Waals surface area (Å²) in [5, 5.41) is 21.5. The molecular formula is C13H13F2N3OS2. The Morgan fingerprint density at radius 2 is 2.24 bits per heavy atom. The molecule has 2 rings (SSSR count). The predicted molar refractivity (Wildman–Crippen MR) is 80.6 cm³/mol. The zero-order valence-corrected chi connectivity index (χ0v) is 12.6. The molecule has 1 atom stereocenters. The maximum Gasteiger partial charge on any atom is 0.206 e. The SMILES string of the molecule is C=CCNc1nnc(SCC(O)c2ccc(F)cc2F)s1. The molecule has 1 heterocycles. The van der Waals surface area contributed by atoms with Gasteiger partial charge in [0.25, 0.3) is 0 Å². The average Bonchev–Trinajstić information content (AvgIpc) is 2.90. The van der Waals surface area contributed by atoms with Gasteiger partial charge in [0.15, 0.2) is 4.34 Å². The molecule has 0 bridgehead atoms. The summed E-state index contributed by atoms with van der Waals surface area (Å²) in [6.07, 6.45) is 0.666. The number of hydrogen-bond donors (Lipinski definition) is 2. The largest absolute Gasteiger partial charge is 0.387 e. The smallest absolute Gasteiger partial charge is 0.206 e. The summed E-state index contributed by atoms with van der Waals surface area (Å²) >= 11 is 2.59. The summed E-state index contributed by atoms with van der Waals surface area (Å²) in [5.41, 5.74) is 0.0680. The average molecular weight is 329 g/mol. The van der Waals surface area contributed by atoms with Crippen molar-refractivity contribution in [3.05, 3.63) is 48.1 Å². The molecule has 1 unspecified atom stereocenters. The van der Waals surface area contributed by atoms with Gasteiger partial charge in [-0.3, -0.25) is 0 Å². The minimum Gasteiger partial charge on any atom is -0.387 e. The van der Waals surface area contributed by atoms with Crippen molar-refractivity contribution in [1.82, 2.24) is 10.2 Å². The Bertz CT molecular complexity index is 621. The second kappa shape index (κ2) is 7.48. The second-order valence-electron chi connectivity index (χ2n) is 4.04. The van der Waals surface area contributed by atoms with Gasteiger partial charge in [0.1, 0.15) is 11.6 Å². The van der Waals surface area contributed by atoms with Crippen molar-refractivity contribution in [2.45, 2.75) is 10.4 Å². The maximum atomic E-state index is 13.5. The summed E-state index contributed by atoms with van der Waals surface area (Å²) in [6.45, 7) is 4.17. The first kappa shape index (κ1) is 15.9. The van der Waals surface area contributed by atoms with Crippen molar-refractivity contribution < 1.29 is 13.9 Å². The monoisotopic (exact) mass is 329 g/mol. The van der Waals surface area contributed by atoms with Gasteiger partial charge in [-0.15, -0.1) is 16.8 Å². The van der Waals surface area contributed by atoms with E-state index in [9.17, 15) is 13.9 Å². The standard InChI is InChI=1S/C13H13F2N3OS2/c1-2-5-16-12-17-18-13(21-12)20-7-11(19)9-4-3-8(14)6-10(9)15/h2-4,6,11,19H,1,5,7H2,(H,16,17). The minimum atomic E-state index is -1.04. The van der Waals surface area contributed by atoms with E-state index in [4.69, 9.17) is 0 Å². The van der Waals surface area contributed by atoms with Gasteiger partial charge in [0.2, 0.25) is 5.13 Å². The van der Waals surface area contributed by atoms with Crippen molar-refractivity contribution in [1.29, 1.82) is 0 Å². The number of hydrogen-bond acceptors (Lipinski definition) is 6. The fourth-order valence-electron chi connectivity index (χ4n) is 1.51. The summed E-state index contributed by atoms with van der Waals surface area (Å²) in [7, 11) is 0. The first-order valence-electron chi connectivity index (χ1n) is 6.04. The molecule has 0 saturated carbocycles. The van der Waals surface area contributed by atoms with E-state index >= 15 is 0 Å². The normalized spacial score (nSPS) is 12.1. The number of aromatic nitrogens is 2. The fraction of sp³-hybridized carbons (Fsp3) is 0.231. The Morgan fingerprint density at radius 1 is 1.43 bits per heavy atom. The van der Waals surface area contributed by atoms with E-state index in [0.29, 0.717) is 16.0 Å². The van der Waals surface area contributed by atoms with Crippen LogP contribution >= 0.6 is 23.1 Å². The predicted octanol–water partition coefficient (Wildman–Crippen LogP) is 3.24. The Kier molecular flexibility index (Phi) is 5.66. The number of halogens is 2. The Balaban J connectivity index is 1.92. The zero-order valence-electron chi connectivity index (χ0n) is 10.9. The van der Waals surface area contributed by atoms with Crippen LogP contribution in [-0.4, -0.2) is 27.6 Å². The van der Waals surface area contributed by atoms with Gasteiger partial charge in [0.05, 0.1) is 6.10 Å². The number of thioether (sulfide) groups is 1. The molecule has 21 heavy (non-hydrogen) atoms. The maximum absolute atomic E-state index is 13.5. The van der Waals surface area contributed by atoms with Crippen LogP contribution in [0.1, 0.15) is 11.7 Å². The lowest BCUT2D eigenvalue weighted by Gasteiger charge is -2.10. The number of anilines is 1. The Labute approximate surface area is 128 Å². The molecule has 4 nitrogen and oxygen atoms in total. The highest BCUT2D eigenvalue weighted by Gasteiger charge is 2.15. The molecule has 0 amide bonds. The van der Waals surface area contributed by atoms with Crippen molar-refractivity contribution in [2.75, 3.05) is 17.6 Å². The van der Waals surface area contributed by atoms with Gasteiger partial charge in [0, 0.05) is 23.9 Å². The number of aliphatic hydroxyl groups is 1. The molecule has 0 spiro atoms. The quantitative estimate of drug-likeness (QED) is 0.603. The van der Waals surface area contributed by atoms with Crippen LogP contribution in [0.3, 0.4) is 0 Å². The van der Waals surface area contributed by atoms with Crippen LogP contribution in [0, 0.1) is 11.6 Å². The molecule has 1 aromatic heterocycles. The van der Waals surface area contributed by atoms with Crippen LogP contribution in [0.25, 0.3) is 0 Å². The minimum absolute atomic E-state index is 0.0680. The topological polar surface area (TPSA) is 58.0 Å². The highest BCUT2D eigenvalue weighted by molar-refractivity contribution is 8.01. The third kappa shape index (κ3) is 4.48. The van der Waals surface area contributed by atoms with Gasteiger partial charge < -0.3 is 10.4 Å². The number of rotatable bonds is 7. The van der Waals surface area contributed by atoms with Gasteiger partial charge in [-0.05, 0) is 6.07 Å². The lowest BCUT2D eigenvalue weighted by Crippen LogP contribution is -2.03. The Morgan fingerprint density at radius 3 is 2.95 bits per heavy atom. The van der Waals surface area contributed by atoms with E-state index in [1.54, 1.807) is 6.08 Å². The van der Waals surface area contributed by atoms with E-state index in [1.165, 1.54) is 29.2 Å². The summed E-state index contributed by atoms with van der Waals surface area (Å²) in [5.74, 6) is -1.22. The molecule has 2 N–H and O–H groups in total. The van der Waals surface area contributed by atoms with Gasteiger partial charge in [-0.1, -0.05) is 35.2 Å². The number of nitrogens with one attached hydrogen (secondary N) is 1. The fourth-order valence-corrected chi connectivity index (χ4v) is 3.25. The third-order valence-electron chi connectivity index (χ3n) is 2.49. The summed E-state index contributed by atoms with van der Waals surface area (Å²) in [4.78, 5) is 0. The van der Waals surface area contributed by atoms with Crippen molar-refractivity contribution in [3.63, 3.8) is 0 Å². The van der Waals surface area contributed by atoms with Gasteiger partial charge >= 0.3 is 0 Å². The van der Waals surface area contributed by atoms with E-state index in [2.05, 4.69) is 22.1 Å². The molecule has 0 saturated heterocycles. The molecule has 8 heteroatoms. The third-order valence-corrected chi connectivity index (χ3v) is 4.58. The molecule has 0 aliphatic carbocycles. The number of nitrogens with zero attached hydrogens (tertiary/aromatic N) is 2. The van der Waals surface area contributed by atoms with Crippen molar-refractivity contribution in [2.24, 2.45) is 0 Å². The Hall–Kier alpha value is -1.51. The molecule has 112 valence electrons. The molecular weight excluding hydrogens is 316 g/mol.